The minimum absolute atomic E-state index is 0.151. The third-order valence-electron chi connectivity index (χ3n) is 2.88. The summed E-state index contributed by atoms with van der Waals surface area (Å²) in [7, 11) is 1.66. The molecule has 92 valence electrons. The summed E-state index contributed by atoms with van der Waals surface area (Å²) in [5, 5.41) is 2.61. The molecule has 1 fully saturated rings. The molecule has 1 N–H and O–H groups in total. The van der Waals surface area contributed by atoms with Gasteiger partial charge in [0.05, 0.1) is 6.61 Å². The van der Waals surface area contributed by atoms with E-state index in [4.69, 9.17) is 4.74 Å². The number of hydrogen-bond donors (Lipinski definition) is 1. The minimum Gasteiger partial charge on any atom is -0.459 e. The van der Waals surface area contributed by atoms with Crippen LogP contribution in [0.15, 0.2) is 0 Å². The number of ether oxygens (including phenoxy) is 2. The Morgan fingerprint density at radius 3 is 2.56 bits per heavy atom. The second-order valence-electron chi connectivity index (χ2n) is 4.15. The Balaban J connectivity index is 2.23. The van der Waals surface area contributed by atoms with Crippen LogP contribution in [0.2, 0.25) is 0 Å². The Morgan fingerprint density at radius 2 is 2.06 bits per heavy atom. The zero-order valence-electron chi connectivity index (χ0n) is 9.88. The first-order chi connectivity index (χ1) is 7.63. The van der Waals surface area contributed by atoms with Crippen molar-refractivity contribution in [1.82, 2.24) is 5.32 Å². The van der Waals surface area contributed by atoms with Crippen molar-refractivity contribution >= 4 is 11.9 Å². The van der Waals surface area contributed by atoms with E-state index in [-0.39, 0.29) is 12.0 Å². The Bertz CT molecular complexity index is 261. The molecule has 0 aromatic heterocycles. The van der Waals surface area contributed by atoms with Gasteiger partial charge in [0.1, 0.15) is 0 Å². The van der Waals surface area contributed by atoms with Crippen LogP contribution >= 0.6 is 0 Å². The molecular weight excluding hydrogens is 210 g/mol. The third kappa shape index (κ3) is 3.81. The number of methoxy groups -OCH3 is 1. The maximum Gasteiger partial charge on any atom is 0.396 e. The molecule has 0 unspecified atom stereocenters. The lowest BCUT2D eigenvalue weighted by Gasteiger charge is -2.14. The summed E-state index contributed by atoms with van der Waals surface area (Å²) in [6.45, 7) is 3.12. The van der Waals surface area contributed by atoms with Crippen molar-refractivity contribution < 1.29 is 19.1 Å². The molecule has 1 amide bonds. The van der Waals surface area contributed by atoms with Crippen LogP contribution in [0, 0.1) is 5.41 Å². The molecule has 1 aliphatic rings. The van der Waals surface area contributed by atoms with Gasteiger partial charge < -0.3 is 14.8 Å². The van der Waals surface area contributed by atoms with Gasteiger partial charge in [-0.1, -0.05) is 0 Å². The van der Waals surface area contributed by atoms with E-state index in [0.29, 0.717) is 13.2 Å². The topological polar surface area (TPSA) is 64.6 Å². The molecule has 0 aliphatic heterocycles. The van der Waals surface area contributed by atoms with Crippen LogP contribution in [0.4, 0.5) is 0 Å². The van der Waals surface area contributed by atoms with Gasteiger partial charge in [-0.2, -0.15) is 0 Å². The lowest BCUT2D eigenvalue weighted by molar-refractivity contribution is -0.154. The SMILES string of the molecule is CCOC(=O)C(=O)NCC1(CCOC)CC1. The first-order valence-corrected chi connectivity index (χ1v) is 5.57. The van der Waals surface area contributed by atoms with E-state index < -0.39 is 11.9 Å². The standard InChI is InChI=1S/C11H19NO4/c1-3-16-10(14)9(13)12-8-11(4-5-11)6-7-15-2/h3-8H2,1-2H3,(H,12,13). The van der Waals surface area contributed by atoms with Crippen LogP contribution in [-0.2, 0) is 19.1 Å². The van der Waals surface area contributed by atoms with Gasteiger partial charge in [-0.25, -0.2) is 4.79 Å². The largest absolute Gasteiger partial charge is 0.459 e. The number of esters is 1. The van der Waals surface area contributed by atoms with Gasteiger partial charge in [0, 0.05) is 20.3 Å². The maximum absolute atomic E-state index is 11.3. The summed E-state index contributed by atoms with van der Waals surface area (Å²) in [4.78, 5) is 22.3. The van der Waals surface area contributed by atoms with Crippen molar-refractivity contribution in [3.63, 3.8) is 0 Å². The maximum atomic E-state index is 11.3. The number of hydrogen-bond acceptors (Lipinski definition) is 4. The number of rotatable bonds is 6. The summed E-state index contributed by atoms with van der Waals surface area (Å²) in [5.41, 5.74) is 0.151. The van der Waals surface area contributed by atoms with Crippen molar-refractivity contribution in [2.45, 2.75) is 26.2 Å². The Kier molecular flexibility index (Phi) is 4.73. The zero-order valence-corrected chi connectivity index (χ0v) is 9.88. The van der Waals surface area contributed by atoms with Gasteiger partial charge >= 0.3 is 11.9 Å². The number of carbonyl (C=O) groups excluding carboxylic acids is 2. The predicted octanol–water partition coefficient (Wildman–Crippen LogP) is 0.482. The van der Waals surface area contributed by atoms with E-state index in [1.54, 1.807) is 14.0 Å². The normalized spacial score (nSPS) is 16.6. The lowest BCUT2D eigenvalue weighted by atomic mass is 10.0. The summed E-state index contributed by atoms with van der Waals surface area (Å²) < 4.78 is 9.60. The molecule has 0 aromatic carbocycles. The Hall–Kier alpha value is -1.10. The van der Waals surface area contributed by atoms with Crippen LogP contribution < -0.4 is 5.32 Å². The highest BCUT2D eigenvalue weighted by atomic mass is 16.5. The van der Waals surface area contributed by atoms with Crippen molar-refractivity contribution in [3.05, 3.63) is 0 Å². The monoisotopic (exact) mass is 229 g/mol. The molecule has 0 heterocycles. The van der Waals surface area contributed by atoms with Gasteiger partial charge in [0.25, 0.3) is 0 Å². The molecule has 0 bridgehead atoms. The quantitative estimate of drug-likeness (QED) is 0.531. The molecule has 5 heteroatoms. The second-order valence-corrected chi connectivity index (χ2v) is 4.15. The molecular formula is C11H19NO4. The van der Waals surface area contributed by atoms with Crippen molar-refractivity contribution in [2.75, 3.05) is 26.9 Å². The van der Waals surface area contributed by atoms with E-state index >= 15 is 0 Å². The molecule has 1 saturated carbocycles. The van der Waals surface area contributed by atoms with Gasteiger partial charge in [0.15, 0.2) is 0 Å². The molecule has 0 atom stereocenters. The first kappa shape index (κ1) is 13.0. The zero-order chi connectivity index (χ0) is 12.0. The minimum atomic E-state index is -0.801. The predicted molar refractivity (Wildman–Crippen MR) is 57.8 cm³/mol. The molecule has 1 rings (SSSR count). The van der Waals surface area contributed by atoms with E-state index in [1.807, 2.05) is 0 Å². The number of nitrogens with one attached hydrogen (secondary N) is 1. The van der Waals surface area contributed by atoms with Crippen LogP contribution in [0.1, 0.15) is 26.2 Å². The average Bonchev–Trinajstić information content (AvgIpc) is 3.04. The molecule has 0 saturated heterocycles. The highest BCUT2D eigenvalue weighted by Gasteiger charge is 2.42. The van der Waals surface area contributed by atoms with Gasteiger partial charge in [0.2, 0.25) is 0 Å². The first-order valence-electron chi connectivity index (χ1n) is 5.57. The molecule has 16 heavy (non-hydrogen) atoms. The molecule has 0 radical (unpaired) electrons. The smallest absolute Gasteiger partial charge is 0.396 e. The second kappa shape index (κ2) is 5.84. The Labute approximate surface area is 95.5 Å². The fourth-order valence-electron chi connectivity index (χ4n) is 1.55. The number of carbonyl (C=O) groups is 2. The van der Waals surface area contributed by atoms with Gasteiger partial charge in [-0.15, -0.1) is 0 Å². The third-order valence-corrected chi connectivity index (χ3v) is 2.88. The van der Waals surface area contributed by atoms with Gasteiger partial charge in [-0.3, -0.25) is 4.79 Å². The van der Waals surface area contributed by atoms with Crippen LogP contribution in [0.5, 0.6) is 0 Å². The van der Waals surface area contributed by atoms with Crippen LogP contribution in [0.25, 0.3) is 0 Å². The van der Waals surface area contributed by atoms with Crippen molar-refractivity contribution in [2.24, 2.45) is 5.41 Å². The fraction of sp³-hybridized carbons (Fsp3) is 0.818. The lowest BCUT2D eigenvalue weighted by Crippen LogP contribution is -2.36. The Morgan fingerprint density at radius 1 is 1.38 bits per heavy atom. The average molecular weight is 229 g/mol. The fourth-order valence-corrected chi connectivity index (χ4v) is 1.55. The van der Waals surface area contributed by atoms with Crippen molar-refractivity contribution in [3.8, 4) is 0 Å². The summed E-state index contributed by atoms with van der Waals surface area (Å²) >= 11 is 0. The van der Waals surface area contributed by atoms with E-state index in [0.717, 1.165) is 19.3 Å². The van der Waals surface area contributed by atoms with E-state index in [2.05, 4.69) is 10.1 Å². The highest BCUT2D eigenvalue weighted by Crippen LogP contribution is 2.48. The molecule has 0 spiro atoms. The van der Waals surface area contributed by atoms with Crippen LogP contribution in [-0.4, -0.2) is 38.7 Å². The summed E-state index contributed by atoms with van der Waals surface area (Å²) in [6, 6.07) is 0. The summed E-state index contributed by atoms with van der Waals surface area (Å²) in [6.07, 6.45) is 3.09. The molecule has 0 aromatic rings. The van der Waals surface area contributed by atoms with Gasteiger partial charge in [-0.05, 0) is 31.6 Å². The molecule has 5 nitrogen and oxygen atoms in total. The van der Waals surface area contributed by atoms with Crippen LogP contribution in [0.3, 0.4) is 0 Å². The highest BCUT2D eigenvalue weighted by molar-refractivity contribution is 6.32. The van der Waals surface area contributed by atoms with Crippen molar-refractivity contribution in [1.29, 1.82) is 0 Å². The summed E-state index contributed by atoms with van der Waals surface area (Å²) in [5.74, 6) is -1.45. The molecule has 1 aliphatic carbocycles. The van der Waals surface area contributed by atoms with E-state index in [1.165, 1.54) is 0 Å². The number of amides is 1. The van der Waals surface area contributed by atoms with E-state index in [9.17, 15) is 9.59 Å².